The molecule has 0 aromatic heterocycles. The zero-order valence-electron chi connectivity index (χ0n) is 14.7. The first-order chi connectivity index (χ1) is 13.0. The highest BCUT2D eigenvalue weighted by molar-refractivity contribution is 8.27. The van der Waals surface area contributed by atoms with Gasteiger partial charge in [-0.3, -0.25) is 9.69 Å². The monoisotopic (exact) mass is 401 g/mol. The second-order valence-electron chi connectivity index (χ2n) is 6.33. The van der Waals surface area contributed by atoms with Crippen molar-refractivity contribution in [3.63, 3.8) is 0 Å². The molecule has 1 unspecified atom stereocenters. The van der Waals surface area contributed by atoms with Crippen molar-refractivity contribution < 1.29 is 18.7 Å². The molecule has 0 N–H and O–H groups in total. The zero-order chi connectivity index (χ0) is 19.1. The number of carbonyl (C=O) groups is 1. The standard InChI is InChI=1S/C20H16FNO3S2/c1-11-7-12-8-16(24-2)13(9-17(12)25-11)10-18-19(23)22(20(26)27-18)15-5-3-14(21)4-6-15/h3-6,8-11H,7H2,1-2H3/b18-10-. The fraction of sp³-hybridized carbons (Fsp3) is 0.200. The molecule has 1 saturated heterocycles. The molecule has 2 aliphatic rings. The first-order valence-electron chi connectivity index (χ1n) is 8.37. The average molecular weight is 401 g/mol. The second-order valence-corrected chi connectivity index (χ2v) is 8.00. The highest BCUT2D eigenvalue weighted by atomic mass is 32.2. The van der Waals surface area contributed by atoms with Gasteiger partial charge in [0, 0.05) is 17.5 Å². The maximum Gasteiger partial charge on any atom is 0.270 e. The Morgan fingerprint density at radius 2 is 2.07 bits per heavy atom. The molecule has 0 bridgehead atoms. The van der Waals surface area contributed by atoms with E-state index in [4.69, 9.17) is 21.7 Å². The first-order valence-corrected chi connectivity index (χ1v) is 9.60. The molecule has 4 rings (SSSR count). The average Bonchev–Trinajstić information content (AvgIpc) is 3.13. The SMILES string of the molecule is COc1cc2c(cc1/C=C1\SC(=S)N(c3ccc(F)cc3)C1=O)OC(C)C2. The van der Waals surface area contributed by atoms with Crippen LogP contribution in [0.25, 0.3) is 6.08 Å². The highest BCUT2D eigenvalue weighted by Crippen LogP contribution is 2.40. The third-order valence-electron chi connectivity index (χ3n) is 4.41. The molecule has 2 aliphatic heterocycles. The summed E-state index contributed by atoms with van der Waals surface area (Å²) < 4.78 is 24.9. The first kappa shape index (κ1) is 18.0. The van der Waals surface area contributed by atoms with Crippen molar-refractivity contribution >= 4 is 46.0 Å². The number of ether oxygens (including phenoxy) is 2. The van der Waals surface area contributed by atoms with E-state index < -0.39 is 0 Å². The molecule has 0 spiro atoms. The quantitative estimate of drug-likeness (QED) is 0.557. The summed E-state index contributed by atoms with van der Waals surface area (Å²) in [7, 11) is 1.60. The highest BCUT2D eigenvalue weighted by Gasteiger charge is 2.33. The lowest BCUT2D eigenvalue weighted by Gasteiger charge is -2.14. The summed E-state index contributed by atoms with van der Waals surface area (Å²) >= 11 is 6.57. The van der Waals surface area contributed by atoms with Crippen LogP contribution in [0.15, 0.2) is 41.3 Å². The van der Waals surface area contributed by atoms with Crippen molar-refractivity contribution in [1.29, 1.82) is 0 Å². The number of halogens is 1. The van der Waals surface area contributed by atoms with Crippen molar-refractivity contribution in [3.05, 3.63) is 58.2 Å². The minimum Gasteiger partial charge on any atom is -0.496 e. The summed E-state index contributed by atoms with van der Waals surface area (Å²) in [5.41, 5.74) is 2.39. The number of benzene rings is 2. The van der Waals surface area contributed by atoms with Crippen molar-refractivity contribution in [2.45, 2.75) is 19.4 Å². The number of nitrogens with zero attached hydrogens (tertiary/aromatic N) is 1. The smallest absolute Gasteiger partial charge is 0.270 e. The Balaban J connectivity index is 1.69. The predicted molar refractivity (Wildman–Crippen MR) is 109 cm³/mol. The molecule has 2 heterocycles. The lowest BCUT2D eigenvalue weighted by Crippen LogP contribution is -2.27. The topological polar surface area (TPSA) is 38.8 Å². The van der Waals surface area contributed by atoms with Gasteiger partial charge >= 0.3 is 0 Å². The van der Waals surface area contributed by atoms with Gasteiger partial charge in [0.2, 0.25) is 0 Å². The van der Waals surface area contributed by atoms with E-state index >= 15 is 0 Å². The Hall–Kier alpha value is -2.38. The fourth-order valence-corrected chi connectivity index (χ4v) is 4.46. The maximum absolute atomic E-state index is 13.2. The van der Waals surface area contributed by atoms with Gasteiger partial charge in [-0.15, -0.1) is 0 Å². The number of anilines is 1. The number of thioether (sulfide) groups is 1. The van der Waals surface area contributed by atoms with E-state index in [1.165, 1.54) is 40.9 Å². The molecule has 2 aromatic rings. The number of amides is 1. The van der Waals surface area contributed by atoms with E-state index in [-0.39, 0.29) is 17.8 Å². The van der Waals surface area contributed by atoms with Crippen LogP contribution in [0.2, 0.25) is 0 Å². The molecule has 1 amide bonds. The summed E-state index contributed by atoms with van der Waals surface area (Å²) in [6.07, 6.45) is 2.71. The van der Waals surface area contributed by atoms with Crippen molar-refractivity contribution in [2.24, 2.45) is 0 Å². The van der Waals surface area contributed by atoms with Gasteiger partial charge in [0.15, 0.2) is 4.32 Å². The number of hydrogen-bond acceptors (Lipinski definition) is 5. The van der Waals surface area contributed by atoms with E-state index in [0.717, 1.165) is 23.3 Å². The Labute approximate surface area is 166 Å². The molecular weight excluding hydrogens is 385 g/mol. The Morgan fingerprint density at radius 3 is 2.78 bits per heavy atom. The summed E-state index contributed by atoms with van der Waals surface area (Å²) in [5, 5.41) is 0. The summed E-state index contributed by atoms with van der Waals surface area (Å²) in [5.74, 6) is 0.882. The van der Waals surface area contributed by atoms with Gasteiger partial charge in [-0.1, -0.05) is 24.0 Å². The van der Waals surface area contributed by atoms with Crippen molar-refractivity contribution in [2.75, 3.05) is 12.0 Å². The summed E-state index contributed by atoms with van der Waals surface area (Å²) in [4.78, 5) is 14.8. The number of methoxy groups -OCH3 is 1. The fourth-order valence-electron chi connectivity index (χ4n) is 3.17. The minimum atomic E-state index is -0.364. The molecule has 0 aliphatic carbocycles. The summed E-state index contributed by atoms with van der Waals surface area (Å²) in [6.45, 7) is 2.01. The predicted octanol–water partition coefficient (Wildman–Crippen LogP) is 4.56. The van der Waals surface area contributed by atoms with E-state index in [1.54, 1.807) is 13.2 Å². The van der Waals surface area contributed by atoms with Crippen LogP contribution in [0.4, 0.5) is 10.1 Å². The lowest BCUT2D eigenvalue weighted by molar-refractivity contribution is -0.113. The number of fused-ring (bicyclic) bond motifs is 1. The minimum absolute atomic E-state index is 0.122. The zero-order valence-corrected chi connectivity index (χ0v) is 16.3. The summed E-state index contributed by atoms with van der Waals surface area (Å²) in [6, 6.07) is 9.52. The van der Waals surface area contributed by atoms with Crippen LogP contribution in [0.1, 0.15) is 18.1 Å². The maximum atomic E-state index is 13.2. The van der Waals surface area contributed by atoms with Gasteiger partial charge in [-0.2, -0.15) is 0 Å². The van der Waals surface area contributed by atoms with Gasteiger partial charge in [-0.05, 0) is 49.4 Å². The van der Waals surface area contributed by atoms with Crippen LogP contribution in [0.3, 0.4) is 0 Å². The van der Waals surface area contributed by atoms with Crippen LogP contribution < -0.4 is 14.4 Å². The molecule has 1 atom stereocenters. The van der Waals surface area contributed by atoms with Crippen molar-refractivity contribution in [1.82, 2.24) is 0 Å². The second kappa shape index (κ2) is 6.98. The van der Waals surface area contributed by atoms with Crippen LogP contribution in [0, 0.1) is 5.82 Å². The lowest BCUT2D eigenvalue weighted by atomic mass is 10.1. The molecule has 2 aromatic carbocycles. The van der Waals surface area contributed by atoms with Gasteiger partial charge < -0.3 is 9.47 Å². The Bertz CT molecular complexity index is 972. The van der Waals surface area contributed by atoms with Crippen LogP contribution in [-0.2, 0) is 11.2 Å². The van der Waals surface area contributed by atoms with Gasteiger partial charge in [-0.25, -0.2) is 4.39 Å². The molecule has 4 nitrogen and oxygen atoms in total. The third kappa shape index (κ3) is 3.33. The van der Waals surface area contributed by atoms with Gasteiger partial charge in [0.05, 0.1) is 17.7 Å². The van der Waals surface area contributed by atoms with E-state index in [2.05, 4.69) is 0 Å². The molecule has 1 fully saturated rings. The molecule has 0 radical (unpaired) electrons. The number of thiocarbonyl (C=S) groups is 1. The van der Waals surface area contributed by atoms with Gasteiger partial charge in [0.1, 0.15) is 23.4 Å². The van der Waals surface area contributed by atoms with E-state index in [0.29, 0.717) is 20.7 Å². The molecule has 27 heavy (non-hydrogen) atoms. The Kier molecular flexibility index (Phi) is 4.65. The number of hydrogen-bond donors (Lipinski definition) is 0. The Morgan fingerprint density at radius 1 is 1.33 bits per heavy atom. The van der Waals surface area contributed by atoms with Crippen LogP contribution in [0.5, 0.6) is 11.5 Å². The van der Waals surface area contributed by atoms with E-state index in [1.807, 2.05) is 19.1 Å². The van der Waals surface area contributed by atoms with Crippen LogP contribution in [-0.4, -0.2) is 23.4 Å². The third-order valence-corrected chi connectivity index (χ3v) is 5.72. The normalized spacial score (nSPS) is 20.2. The molecule has 7 heteroatoms. The van der Waals surface area contributed by atoms with Crippen molar-refractivity contribution in [3.8, 4) is 11.5 Å². The number of carbonyl (C=O) groups excluding carboxylic acids is 1. The number of rotatable bonds is 3. The largest absolute Gasteiger partial charge is 0.496 e. The molecule has 138 valence electrons. The van der Waals surface area contributed by atoms with Crippen LogP contribution >= 0.6 is 24.0 Å². The van der Waals surface area contributed by atoms with E-state index in [9.17, 15) is 9.18 Å². The molecular formula is C20H16FNO3S2. The molecule has 0 saturated carbocycles. The van der Waals surface area contributed by atoms with Gasteiger partial charge in [0.25, 0.3) is 5.91 Å².